The van der Waals surface area contributed by atoms with Crippen molar-refractivity contribution >= 4 is 17.3 Å². The summed E-state index contributed by atoms with van der Waals surface area (Å²) in [6, 6.07) is 17.2. The smallest absolute Gasteiger partial charge is 0.229 e. The fourth-order valence-corrected chi connectivity index (χ4v) is 5.52. The Labute approximate surface area is 211 Å². The first-order valence-electron chi connectivity index (χ1n) is 13.3. The monoisotopic (exact) mass is 474 g/mol. The van der Waals surface area contributed by atoms with E-state index in [1.54, 1.807) is 0 Å². The Morgan fingerprint density at radius 2 is 1.71 bits per heavy atom. The molecule has 4 rings (SSSR count). The van der Waals surface area contributed by atoms with Gasteiger partial charge in [0.1, 0.15) is 0 Å². The van der Waals surface area contributed by atoms with Gasteiger partial charge in [-0.2, -0.15) is 0 Å². The lowest BCUT2D eigenvalue weighted by Gasteiger charge is -2.37. The van der Waals surface area contributed by atoms with Crippen LogP contribution in [0, 0.1) is 19.8 Å². The summed E-state index contributed by atoms with van der Waals surface area (Å²) in [5.74, 6) is 0.0623. The van der Waals surface area contributed by atoms with Gasteiger partial charge in [0.15, 0.2) is 0 Å². The van der Waals surface area contributed by atoms with Gasteiger partial charge in [-0.3, -0.25) is 9.69 Å². The lowest BCUT2D eigenvalue weighted by atomic mass is 10.0. The normalized spacial score (nSPS) is 20.7. The molecular formula is C30H42N4O. The lowest BCUT2D eigenvalue weighted by Crippen LogP contribution is -2.47. The average molecular weight is 475 g/mol. The van der Waals surface area contributed by atoms with E-state index in [9.17, 15) is 4.79 Å². The van der Waals surface area contributed by atoms with Gasteiger partial charge in [-0.05, 0) is 75.9 Å². The number of anilines is 1. The van der Waals surface area contributed by atoms with Gasteiger partial charge in [-0.15, -0.1) is 0 Å². The number of piperazine rings is 1. The van der Waals surface area contributed by atoms with Crippen molar-refractivity contribution < 1.29 is 4.79 Å². The second-order valence-electron chi connectivity index (χ2n) is 10.0. The number of hydrogen-bond donors (Lipinski definition) is 1. The predicted octanol–water partition coefficient (Wildman–Crippen LogP) is 4.70. The Morgan fingerprint density at radius 1 is 0.971 bits per heavy atom. The number of benzene rings is 2. The van der Waals surface area contributed by atoms with E-state index in [1.807, 2.05) is 6.07 Å². The first kappa shape index (κ1) is 25.3. The first-order chi connectivity index (χ1) is 17.0. The van der Waals surface area contributed by atoms with Crippen LogP contribution in [0.5, 0.6) is 0 Å². The molecule has 0 radical (unpaired) electrons. The third-order valence-corrected chi connectivity index (χ3v) is 7.86. The molecule has 2 atom stereocenters. The summed E-state index contributed by atoms with van der Waals surface area (Å²) in [6.07, 6.45) is 4.31. The summed E-state index contributed by atoms with van der Waals surface area (Å²) in [7, 11) is 0. The van der Waals surface area contributed by atoms with Gasteiger partial charge >= 0.3 is 0 Å². The molecule has 35 heavy (non-hydrogen) atoms. The molecule has 1 N–H and O–H groups in total. The maximum absolute atomic E-state index is 13.0. The molecule has 2 aromatic rings. The molecule has 2 unspecified atom stereocenters. The van der Waals surface area contributed by atoms with Crippen molar-refractivity contribution in [2.75, 3.05) is 50.7 Å². The standard InChI is InChI=1S/C30H42N4O/c1-5-34-25(4)27(22-29(34)26-13-7-6-8-14-26)30(35)31-16-9-10-17-32-18-20-33(21-19-32)28-15-11-12-23(2)24(28)3/h6-8,11-15,22,25,27H,5,9-10,16-21H2,1-4H3,(H,31,35). The topological polar surface area (TPSA) is 38.8 Å². The van der Waals surface area contributed by atoms with E-state index in [1.165, 1.54) is 28.1 Å². The van der Waals surface area contributed by atoms with Crippen molar-refractivity contribution in [3.8, 4) is 0 Å². The van der Waals surface area contributed by atoms with E-state index in [0.717, 1.165) is 58.7 Å². The SMILES string of the molecule is CCN1C(c2ccccc2)=CC(C(=O)NCCCCN2CCN(c3cccc(C)c3C)CC2)C1C. The Kier molecular flexibility index (Phi) is 8.50. The molecule has 0 aromatic heterocycles. The van der Waals surface area contributed by atoms with Crippen LogP contribution < -0.4 is 10.2 Å². The van der Waals surface area contributed by atoms with Crippen LogP contribution in [0.15, 0.2) is 54.6 Å². The quantitative estimate of drug-likeness (QED) is 0.535. The number of aryl methyl sites for hydroxylation is 1. The molecule has 2 aliphatic rings. The third-order valence-electron chi connectivity index (χ3n) is 7.86. The highest BCUT2D eigenvalue weighted by atomic mass is 16.1. The zero-order chi connectivity index (χ0) is 24.8. The Hall–Kier alpha value is -2.79. The molecule has 2 aromatic carbocycles. The van der Waals surface area contributed by atoms with E-state index < -0.39 is 0 Å². The Morgan fingerprint density at radius 3 is 2.43 bits per heavy atom. The van der Waals surface area contributed by atoms with Crippen LogP contribution in [0.1, 0.15) is 43.4 Å². The molecule has 188 valence electrons. The van der Waals surface area contributed by atoms with Gasteiger partial charge in [0.05, 0.1) is 5.92 Å². The molecule has 2 aliphatic heterocycles. The van der Waals surface area contributed by atoms with Gasteiger partial charge in [0, 0.05) is 56.7 Å². The first-order valence-corrected chi connectivity index (χ1v) is 13.3. The van der Waals surface area contributed by atoms with E-state index in [2.05, 4.69) is 96.3 Å². The van der Waals surface area contributed by atoms with Crippen LogP contribution in [-0.4, -0.2) is 67.6 Å². The third kappa shape index (κ3) is 5.90. The maximum Gasteiger partial charge on any atom is 0.229 e. The largest absolute Gasteiger partial charge is 0.369 e. The van der Waals surface area contributed by atoms with Crippen molar-refractivity contribution in [2.45, 2.75) is 46.6 Å². The van der Waals surface area contributed by atoms with Crippen LogP contribution in [0.3, 0.4) is 0 Å². The molecule has 5 nitrogen and oxygen atoms in total. The van der Waals surface area contributed by atoms with Gasteiger partial charge in [0.25, 0.3) is 0 Å². The maximum atomic E-state index is 13.0. The summed E-state index contributed by atoms with van der Waals surface area (Å²) < 4.78 is 0. The van der Waals surface area contributed by atoms with Crippen LogP contribution in [0.4, 0.5) is 5.69 Å². The van der Waals surface area contributed by atoms with Crippen LogP contribution in [0.25, 0.3) is 5.70 Å². The minimum atomic E-state index is -0.0942. The predicted molar refractivity (Wildman–Crippen MR) is 147 cm³/mol. The molecule has 1 saturated heterocycles. The number of amides is 1. The fourth-order valence-electron chi connectivity index (χ4n) is 5.52. The summed E-state index contributed by atoms with van der Waals surface area (Å²) in [6.45, 7) is 15.9. The molecule has 0 saturated carbocycles. The second-order valence-corrected chi connectivity index (χ2v) is 10.0. The molecule has 1 amide bonds. The zero-order valence-electron chi connectivity index (χ0n) is 22.0. The zero-order valence-corrected chi connectivity index (χ0v) is 22.0. The van der Waals surface area contributed by atoms with Gasteiger partial charge < -0.3 is 15.1 Å². The van der Waals surface area contributed by atoms with Crippen molar-refractivity contribution in [1.29, 1.82) is 0 Å². The highest BCUT2D eigenvalue weighted by Gasteiger charge is 2.35. The van der Waals surface area contributed by atoms with E-state index in [0.29, 0.717) is 0 Å². The summed E-state index contributed by atoms with van der Waals surface area (Å²) in [4.78, 5) is 20.4. The summed E-state index contributed by atoms with van der Waals surface area (Å²) in [5.41, 5.74) is 6.53. The molecule has 1 fully saturated rings. The second kappa shape index (κ2) is 11.8. The molecule has 5 heteroatoms. The number of carbonyl (C=O) groups excluding carboxylic acids is 1. The molecular weight excluding hydrogens is 432 g/mol. The minimum Gasteiger partial charge on any atom is -0.369 e. The molecule has 0 spiro atoms. The minimum absolute atomic E-state index is 0.0942. The molecule has 0 bridgehead atoms. The van der Waals surface area contributed by atoms with Crippen molar-refractivity contribution in [3.05, 3.63) is 71.3 Å². The summed E-state index contributed by atoms with van der Waals surface area (Å²) in [5, 5.41) is 3.21. The van der Waals surface area contributed by atoms with Crippen molar-refractivity contribution in [3.63, 3.8) is 0 Å². The average Bonchev–Trinajstić information content (AvgIpc) is 3.22. The van der Waals surface area contributed by atoms with E-state index in [4.69, 9.17) is 0 Å². The Balaban J connectivity index is 1.18. The number of carbonyl (C=O) groups is 1. The number of rotatable bonds is 9. The number of hydrogen-bond acceptors (Lipinski definition) is 4. The van der Waals surface area contributed by atoms with Gasteiger partial charge in [0.2, 0.25) is 5.91 Å². The van der Waals surface area contributed by atoms with E-state index >= 15 is 0 Å². The highest BCUT2D eigenvalue weighted by molar-refractivity contribution is 5.85. The number of nitrogens with one attached hydrogen (secondary N) is 1. The molecule has 0 aliphatic carbocycles. The van der Waals surface area contributed by atoms with Crippen LogP contribution in [0.2, 0.25) is 0 Å². The fraction of sp³-hybridized carbons (Fsp3) is 0.500. The molecule has 2 heterocycles. The number of unbranched alkanes of at least 4 members (excludes halogenated alkanes) is 1. The lowest BCUT2D eigenvalue weighted by molar-refractivity contribution is -0.124. The Bertz CT molecular complexity index is 1010. The van der Waals surface area contributed by atoms with Crippen LogP contribution in [-0.2, 0) is 4.79 Å². The van der Waals surface area contributed by atoms with Gasteiger partial charge in [-0.1, -0.05) is 42.5 Å². The van der Waals surface area contributed by atoms with Gasteiger partial charge in [-0.25, -0.2) is 0 Å². The number of nitrogens with zero attached hydrogens (tertiary/aromatic N) is 3. The summed E-state index contributed by atoms with van der Waals surface area (Å²) >= 11 is 0. The van der Waals surface area contributed by atoms with Crippen LogP contribution >= 0.6 is 0 Å². The van der Waals surface area contributed by atoms with Crippen molar-refractivity contribution in [1.82, 2.24) is 15.1 Å². The van der Waals surface area contributed by atoms with E-state index in [-0.39, 0.29) is 17.9 Å². The highest BCUT2D eigenvalue weighted by Crippen LogP contribution is 2.33. The van der Waals surface area contributed by atoms with Crippen molar-refractivity contribution in [2.24, 2.45) is 5.92 Å².